The van der Waals surface area contributed by atoms with Crippen molar-refractivity contribution in [1.82, 2.24) is 9.97 Å². The van der Waals surface area contributed by atoms with Crippen LogP contribution in [0.25, 0.3) is 21.5 Å². The van der Waals surface area contributed by atoms with Crippen LogP contribution in [0.15, 0.2) is 47.3 Å². The van der Waals surface area contributed by atoms with Gasteiger partial charge in [-0.25, -0.2) is 4.98 Å². The van der Waals surface area contributed by atoms with Crippen molar-refractivity contribution < 1.29 is 0 Å². The molecular formula is C15H9N3S2. The van der Waals surface area contributed by atoms with Gasteiger partial charge in [0.25, 0.3) is 0 Å². The van der Waals surface area contributed by atoms with Crippen LogP contribution in [0, 0.1) is 11.3 Å². The van der Waals surface area contributed by atoms with Crippen LogP contribution in [0.5, 0.6) is 0 Å². The van der Waals surface area contributed by atoms with Crippen LogP contribution in [-0.4, -0.2) is 9.97 Å². The summed E-state index contributed by atoms with van der Waals surface area (Å²) in [5.74, 6) is 0. The SMILES string of the molecule is N#CC(=Cc1csc(-c2cccs2)n1)c1ccccn1. The fourth-order valence-corrected chi connectivity index (χ4v) is 3.29. The normalized spacial score (nSPS) is 11.2. The minimum atomic E-state index is 0.522. The second kappa shape index (κ2) is 5.78. The molecule has 0 unspecified atom stereocenters. The van der Waals surface area contributed by atoms with Crippen molar-refractivity contribution in [2.75, 3.05) is 0 Å². The Labute approximate surface area is 124 Å². The average molecular weight is 295 g/mol. The molecule has 0 saturated heterocycles. The predicted octanol–water partition coefficient (Wildman–Crippen LogP) is 4.33. The van der Waals surface area contributed by atoms with E-state index in [-0.39, 0.29) is 0 Å². The average Bonchev–Trinajstić information content (AvgIpc) is 3.16. The van der Waals surface area contributed by atoms with Crippen molar-refractivity contribution in [3.63, 3.8) is 0 Å². The van der Waals surface area contributed by atoms with Gasteiger partial charge in [0.2, 0.25) is 0 Å². The van der Waals surface area contributed by atoms with E-state index < -0.39 is 0 Å². The first-order valence-electron chi connectivity index (χ1n) is 5.89. The van der Waals surface area contributed by atoms with E-state index in [0.717, 1.165) is 15.6 Å². The first kappa shape index (κ1) is 12.7. The van der Waals surface area contributed by atoms with E-state index in [9.17, 15) is 5.26 Å². The molecule has 0 bridgehead atoms. The lowest BCUT2D eigenvalue weighted by Crippen LogP contribution is -1.85. The molecule has 3 nitrogen and oxygen atoms in total. The Kier molecular flexibility index (Phi) is 3.68. The number of allylic oxidation sites excluding steroid dienone is 1. The van der Waals surface area contributed by atoms with E-state index in [4.69, 9.17) is 0 Å². The number of nitrogens with zero attached hydrogens (tertiary/aromatic N) is 3. The van der Waals surface area contributed by atoms with Crippen LogP contribution in [0.4, 0.5) is 0 Å². The summed E-state index contributed by atoms with van der Waals surface area (Å²) >= 11 is 3.24. The van der Waals surface area contributed by atoms with Gasteiger partial charge in [0.05, 0.1) is 21.8 Å². The standard InChI is InChI=1S/C15H9N3S2/c16-9-11(13-4-1-2-6-17-13)8-12-10-20-15(18-12)14-5-3-7-19-14/h1-8,10H. The van der Waals surface area contributed by atoms with E-state index in [0.29, 0.717) is 11.3 Å². The fourth-order valence-electron chi connectivity index (χ4n) is 1.70. The van der Waals surface area contributed by atoms with Crippen molar-refractivity contribution in [3.05, 3.63) is 58.7 Å². The van der Waals surface area contributed by atoms with E-state index in [1.54, 1.807) is 34.9 Å². The second-order valence-corrected chi connectivity index (χ2v) is 5.75. The van der Waals surface area contributed by atoms with Crippen molar-refractivity contribution >= 4 is 34.3 Å². The van der Waals surface area contributed by atoms with Gasteiger partial charge in [0.1, 0.15) is 11.1 Å². The molecule has 5 heteroatoms. The fraction of sp³-hybridized carbons (Fsp3) is 0. The molecular weight excluding hydrogens is 286 g/mol. The smallest absolute Gasteiger partial charge is 0.134 e. The number of thiophene rings is 1. The maximum Gasteiger partial charge on any atom is 0.134 e. The lowest BCUT2D eigenvalue weighted by atomic mass is 10.1. The van der Waals surface area contributed by atoms with Crippen molar-refractivity contribution in [2.24, 2.45) is 0 Å². The predicted molar refractivity (Wildman–Crippen MR) is 83.1 cm³/mol. The Morgan fingerprint density at radius 3 is 2.85 bits per heavy atom. The molecule has 0 spiro atoms. The molecule has 0 saturated carbocycles. The molecule has 3 aromatic heterocycles. The molecule has 0 aliphatic rings. The number of thiazole rings is 1. The summed E-state index contributed by atoms with van der Waals surface area (Å²) in [7, 11) is 0. The number of hydrogen-bond acceptors (Lipinski definition) is 5. The zero-order valence-electron chi connectivity index (χ0n) is 10.4. The Balaban J connectivity index is 1.94. The van der Waals surface area contributed by atoms with Gasteiger partial charge >= 0.3 is 0 Å². The Bertz CT molecular complexity index is 765. The highest BCUT2D eigenvalue weighted by molar-refractivity contribution is 7.20. The lowest BCUT2D eigenvalue weighted by molar-refractivity contribution is 1.28. The van der Waals surface area contributed by atoms with Crippen molar-refractivity contribution in [1.29, 1.82) is 5.26 Å². The molecule has 0 N–H and O–H groups in total. The minimum absolute atomic E-state index is 0.522. The Morgan fingerprint density at radius 1 is 1.20 bits per heavy atom. The molecule has 0 fully saturated rings. The van der Waals surface area contributed by atoms with Gasteiger partial charge in [-0.3, -0.25) is 4.98 Å². The molecule has 96 valence electrons. The third-order valence-corrected chi connectivity index (χ3v) is 4.51. The number of hydrogen-bond donors (Lipinski definition) is 0. The Hall–Kier alpha value is -2.29. The minimum Gasteiger partial charge on any atom is -0.256 e. The summed E-state index contributed by atoms with van der Waals surface area (Å²) in [4.78, 5) is 9.87. The molecule has 3 rings (SSSR count). The molecule has 0 amide bonds. The van der Waals surface area contributed by atoms with Gasteiger partial charge in [0, 0.05) is 11.6 Å². The molecule has 3 heterocycles. The largest absolute Gasteiger partial charge is 0.256 e. The third kappa shape index (κ3) is 2.67. The molecule has 3 aromatic rings. The first-order valence-corrected chi connectivity index (χ1v) is 7.65. The lowest BCUT2D eigenvalue weighted by Gasteiger charge is -1.95. The molecule has 0 radical (unpaired) electrons. The maximum atomic E-state index is 9.25. The van der Waals surface area contributed by atoms with E-state index in [1.807, 2.05) is 41.1 Å². The van der Waals surface area contributed by atoms with Crippen LogP contribution in [0.2, 0.25) is 0 Å². The topological polar surface area (TPSA) is 49.6 Å². The zero-order chi connectivity index (χ0) is 13.8. The highest BCUT2D eigenvalue weighted by Crippen LogP contribution is 2.28. The summed E-state index contributed by atoms with van der Waals surface area (Å²) in [6, 6.07) is 11.7. The molecule has 0 aromatic carbocycles. The second-order valence-electron chi connectivity index (χ2n) is 3.94. The number of nitriles is 1. The van der Waals surface area contributed by atoms with Crippen LogP contribution >= 0.6 is 22.7 Å². The molecule has 0 atom stereocenters. The van der Waals surface area contributed by atoms with E-state index >= 15 is 0 Å². The molecule has 20 heavy (non-hydrogen) atoms. The van der Waals surface area contributed by atoms with Crippen molar-refractivity contribution in [2.45, 2.75) is 0 Å². The highest BCUT2D eigenvalue weighted by atomic mass is 32.1. The highest BCUT2D eigenvalue weighted by Gasteiger charge is 2.06. The van der Waals surface area contributed by atoms with Gasteiger partial charge < -0.3 is 0 Å². The zero-order valence-corrected chi connectivity index (χ0v) is 12.0. The Morgan fingerprint density at radius 2 is 2.15 bits per heavy atom. The van der Waals surface area contributed by atoms with Crippen LogP contribution in [-0.2, 0) is 0 Å². The van der Waals surface area contributed by atoms with Gasteiger partial charge in [-0.15, -0.1) is 22.7 Å². The summed E-state index contributed by atoms with van der Waals surface area (Å²) in [6.07, 6.45) is 3.45. The van der Waals surface area contributed by atoms with E-state index in [1.165, 1.54) is 0 Å². The quantitative estimate of drug-likeness (QED) is 0.676. The molecule has 0 aliphatic carbocycles. The van der Waals surface area contributed by atoms with Gasteiger partial charge in [-0.1, -0.05) is 12.1 Å². The third-order valence-electron chi connectivity index (χ3n) is 2.61. The monoisotopic (exact) mass is 295 g/mol. The maximum absolute atomic E-state index is 9.25. The van der Waals surface area contributed by atoms with E-state index in [2.05, 4.69) is 16.0 Å². The number of aromatic nitrogens is 2. The first-order chi connectivity index (χ1) is 9.86. The summed E-state index contributed by atoms with van der Waals surface area (Å²) < 4.78 is 0. The van der Waals surface area contributed by atoms with Crippen LogP contribution in [0.3, 0.4) is 0 Å². The van der Waals surface area contributed by atoms with Crippen molar-refractivity contribution in [3.8, 4) is 16.0 Å². The molecule has 0 aliphatic heterocycles. The van der Waals surface area contributed by atoms with Gasteiger partial charge in [-0.2, -0.15) is 5.26 Å². The van der Waals surface area contributed by atoms with Crippen LogP contribution in [0.1, 0.15) is 11.4 Å². The number of rotatable bonds is 3. The van der Waals surface area contributed by atoms with Crippen LogP contribution < -0.4 is 0 Å². The van der Waals surface area contributed by atoms with Gasteiger partial charge in [0.15, 0.2) is 0 Å². The number of pyridine rings is 1. The summed E-state index contributed by atoms with van der Waals surface area (Å²) in [5, 5.41) is 14.2. The van der Waals surface area contributed by atoms with Gasteiger partial charge in [-0.05, 0) is 29.7 Å². The summed E-state index contributed by atoms with van der Waals surface area (Å²) in [5.41, 5.74) is 1.98. The summed E-state index contributed by atoms with van der Waals surface area (Å²) in [6.45, 7) is 0.